The predicted molar refractivity (Wildman–Crippen MR) is 79.9 cm³/mol. The van der Waals surface area contributed by atoms with Crippen molar-refractivity contribution in [3.8, 4) is 0 Å². The lowest BCUT2D eigenvalue weighted by molar-refractivity contribution is -0.132. The van der Waals surface area contributed by atoms with Crippen LogP contribution in [0.25, 0.3) is 0 Å². The molecule has 0 radical (unpaired) electrons. The smallest absolute Gasteiger partial charge is 0.273 e. The lowest BCUT2D eigenvalue weighted by atomic mass is 10.3. The van der Waals surface area contributed by atoms with Crippen LogP contribution in [-0.4, -0.2) is 35.0 Å². The second-order valence-electron chi connectivity index (χ2n) is 6.11. The van der Waals surface area contributed by atoms with Gasteiger partial charge in [0, 0.05) is 25.1 Å². The second-order valence-corrected chi connectivity index (χ2v) is 6.11. The van der Waals surface area contributed by atoms with Crippen LogP contribution < -0.4 is 5.32 Å². The van der Waals surface area contributed by atoms with Crippen LogP contribution in [0.3, 0.4) is 0 Å². The second kappa shape index (κ2) is 6.34. The molecule has 0 saturated heterocycles. The fourth-order valence-electron chi connectivity index (χ4n) is 2.31. The van der Waals surface area contributed by atoms with Gasteiger partial charge >= 0.3 is 0 Å². The van der Waals surface area contributed by atoms with Gasteiger partial charge in [-0.25, -0.2) is 0 Å². The molecule has 1 aromatic heterocycles. The van der Waals surface area contributed by atoms with E-state index in [-0.39, 0.29) is 23.4 Å². The fraction of sp³-hybridized carbons (Fsp3) is 0.562. The summed E-state index contributed by atoms with van der Waals surface area (Å²) in [5.74, 6) is 1.19. The van der Waals surface area contributed by atoms with Crippen molar-refractivity contribution in [3.05, 3.63) is 30.2 Å². The van der Waals surface area contributed by atoms with E-state index < -0.39 is 0 Å². The van der Waals surface area contributed by atoms with Crippen molar-refractivity contribution in [3.63, 3.8) is 0 Å². The van der Waals surface area contributed by atoms with E-state index in [1.165, 1.54) is 12.8 Å². The molecule has 6 nitrogen and oxygen atoms in total. The molecule has 3 rings (SSSR count). The van der Waals surface area contributed by atoms with E-state index in [1.54, 1.807) is 17.0 Å². The van der Waals surface area contributed by atoms with Crippen molar-refractivity contribution in [2.75, 3.05) is 13.1 Å². The molecule has 0 aromatic carbocycles. The van der Waals surface area contributed by atoms with Gasteiger partial charge in [-0.2, -0.15) is 0 Å². The van der Waals surface area contributed by atoms with Gasteiger partial charge in [0.1, 0.15) is 0 Å². The molecule has 0 bridgehead atoms. The van der Waals surface area contributed by atoms with E-state index in [1.807, 2.05) is 0 Å². The molecule has 6 heteroatoms. The molecule has 2 aliphatic carbocycles. The minimum Gasteiger partial charge on any atom is -0.359 e. The van der Waals surface area contributed by atoms with E-state index in [4.69, 9.17) is 4.52 Å². The Balaban J connectivity index is 1.57. The Bertz CT molecular complexity index is 573. The minimum atomic E-state index is -0.217. The molecule has 2 amide bonds. The van der Waals surface area contributed by atoms with Crippen molar-refractivity contribution in [2.24, 2.45) is 11.8 Å². The van der Waals surface area contributed by atoms with Crippen LogP contribution in [-0.2, 0) is 11.3 Å². The quantitative estimate of drug-likeness (QED) is 0.742. The standard InChI is InChI=1S/C16H21N3O3/c1-2-7-19(16(21)12-5-6-12)10-13-8-14(18-22-13)15(20)17-9-11-3-4-11/h2,8,11-12H,1,3-7,9-10H2,(H,17,20). The first-order valence-corrected chi connectivity index (χ1v) is 7.81. The largest absolute Gasteiger partial charge is 0.359 e. The number of amides is 2. The van der Waals surface area contributed by atoms with Crippen molar-refractivity contribution in [1.29, 1.82) is 0 Å². The van der Waals surface area contributed by atoms with Crippen LogP contribution in [0.5, 0.6) is 0 Å². The van der Waals surface area contributed by atoms with Gasteiger partial charge in [-0.3, -0.25) is 9.59 Å². The van der Waals surface area contributed by atoms with Gasteiger partial charge in [-0.05, 0) is 31.6 Å². The molecular formula is C16H21N3O3. The van der Waals surface area contributed by atoms with E-state index in [9.17, 15) is 9.59 Å². The Morgan fingerprint density at radius 3 is 2.82 bits per heavy atom. The van der Waals surface area contributed by atoms with Gasteiger partial charge < -0.3 is 14.7 Å². The number of nitrogens with zero attached hydrogens (tertiary/aromatic N) is 2. The fourth-order valence-corrected chi connectivity index (χ4v) is 2.31. The SMILES string of the molecule is C=CCN(Cc1cc(C(=O)NCC2CC2)no1)C(=O)C1CC1. The normalized spacial score (nSPS) is 17.1. The molecule has 22 heavy (non-hydrogen) atoms. The Kier molecular flexibility index (Phi) is 4.27. The van der Waals surface area contributed by atoms with Crippen LogP contribution in [0.1, 0.15) is 41.9 Å². The highest BCUT2D eigenvalue weighted by Crippen LogP contribution is 2.31. The Labute approximate surface area is 129 Å². The molecule has 1 heterocycles. The molecule has 2 saturated carbocycles. The Morgan fingerprint density at radius 2 is 2.18 bits per heavy atom. The van der Waals surface area contributed by atoms with Gasteiger partial charge in [0.15, 0.2) is 11.5 Å². The summed E-state index contributed by atoms with van der Waals surface area (Å²) in [4.78, 5) is 25.8. The molecule has 1 aromatic rings. The van der Waals surface area contributed by atoms with E-state index in [0.29, 0.717) is 31.3 Å². The maximum Gasteiger partial charge on any atom is 0.273 e. The monoisotopic (exact) mass is 303 g/mol. The first-order chi connectivity index (χ1) is 10.7. The van der Waals surface area contributed by atoms with Gasteiger partial charge in [-0.15, -0.1) is 6.58 Å². The average molecular weight is 303 g/mol. The summed E-state index contributed by atoms with van der Waals surface area (Å²) in [6.07, 6.45) is 5.98. The highest BCUT2D eigenvalue weighted by Gasteiger charge is 2.33. The molecule has 2 fully saturated rings. The molecule has 118 valence electrons. The van der Waals surface area contributed by atoms with Gasteiger partial charge in [0.05, 0.1) is 6.54 Å². The highest BCUT2D eigenvalue weighted by molar-refractivity contribution is 5.92. The number of nitrogens with one attached hydrogen (secondary N) is 1. The van der Waals surface area contributed by atoms with Gasteiger partial charge in [0.2, 0.25) is 5.91 Å². The summed E-state index contributed by atoms with van der Waals surface area (Å²) in [6, 6.07) is 1.61. The van der Waals surface area contributed by atoms with Crippen LogP contribution in [0.2, 0.25) is 0 Å². The summed E-state index contributed by atoms with van der Waals surface area (Å²) in [6.45, 7) is 5.17. The zero-order valence-corrected chi connectivity index (χ0v) is 12.6. The van der Waals surface area contributed by atoms with Gasteiger partial charge in [0.25, 0.3) is 5.91 Å². The first kappa shape index (κ1) is 14.8. The highest BCUT2D eigenvalue weighted by atomic mass is 16.5. The van der Waals surface area contributed by atoms with Crippen LogP contribution in [0, 0.1) is 11.8 Å². The van der Waals surface area contributed by atoms with Crippen molar-refractivity contribution in [1.82, 2.24) is 15.4 Å². The molecule has 1 N–H and O–H groups in total. The van der Waals surface area contributed by atoms with E-state index >= 15 is 0 Å². The Morgan fingerprint density at radius 1 is 1.41 bits per heavy atom. The lowest BCUT2D eigenvalue weighted by Crippen LogP contribution is -2.31. The third-order valence-electron chi connectivity index (χ3n) is 3.97. The van der Waals surface area contributed by atoms with Crippen molar-refractivity contribution < 1.29 is 14.1 Å². The van der Waals surface area contributed by atoms with Crippen LogP contribution in [0.4, 0.5) is 0 Å². The number of rotatable bonds is 8. The zero-order valence-electron chi connectivity index (χ0n) is 12.6. The molecule has 0 atom stereocenters. The number of carbonyl (C=O) groups is 2. The average Bonchev–Trinajstić information content (AvgIpc) is 3.42. The zero-order chi connectivity index (χ0) is 15.5. The van der Waals surface area contributed by atoms with Gasteiger partial charge in [-0.1, -0.05) is 11.2 Å². The number of hydrogen-bond donors (Lipinski definition) is 1. The lowest BCUT2D eigenvalue weighted by Gasteiger charge is -2.19. The predicted octanol–water partition coefficient (Wildman–Crippen LogP) is 1.74. The molecule has 0 spiro atoms. The minimum absolute atomic E-state index is 0.121. The number of hydrogen-bond acceptors (Lipinski definition) is 4. The summed E-state index contributed by atoms with van der Waals surface area (Å²) in [5, 5.41) is 6.64. The number of carbonyl (C=O) groups excluding carboxylic acids is 2. The summed E-state index contributed by atoms with van der Waals surface area (Å²) in [5.41, 5.74) is 0.271. The first-order valence-electron chi connectivity index (χ1n) is 7.81. The third kappa shape index (κ3) is 3.75. The summed E-state index contributed by atoms with van der Waals surface area (Å²) in [7, 11) is 0. The van der Waals surface area contributed by atoms with Crippen LogP contribution in [0.15, 0.2) is 23.2 Å². The third-order valence-corrected chi connectivity index (χ3v) is 3.97. The van der Waals surface area contributed by atoms with E-state index in [0.717, 1.165) is 12.8 Å². The molecular weight excluding hydrogens is 282 g/mol. The Hall–Kier alpha value is -2.11. The van der Waals surface area contributed by atoms with Crippen LogP contribution >= 0.6 is 0 Å². The number of aromatic nitrogens is 1. The summed E-state index contributed by atoms with van der Waals surface area (Å²) < 4.78 is 5.20. The summed E-state index contributed by atoms with van der Waals surface area (Å²) >= 11 is 0. The molecule has 0 unspecified atom stereocenters. The van der Waals surface area contributed by atoms with E-state index in [2.05, 4.69) is 17.1 Å². The molecule has 2 aliphatic rings. The maximum atomic E-state index is 12.2. The molecule has 0 aliphatic heterocycles. The van der Waals surface area contributed by atoms with Crippen molar-refractivity contribution >= 4 is 11.8 Å². The topological polar surface area (TPSA) is 75.4 Å². The maximum absolute atomic E-state index is 12.2. The van der Waals surface area contributed by atoms with Crippen molar-refractivity contribution in [2.45, 2.75) is 32.2 Å².